The van der Waals surface area contributed by atoms with Crippen LogP contribution in [0.5, 0.6) is 0 Å². The maximum absolute atomic E-state index is 6.11. The fourth-order valence-corrected chi connectivity index (χ4v) is 3.27. The van der Waals surface area contributed by atoms with Crippen molar-refractivity contribution in [2.24, 2.45) is 0 Å². The van der Waals surface area contributed by atoms with Crippen LogP contribution in [-0.4, -0.2) is 0 Å². The molecule has 3 aromatic rings. The second-order valence-corrected chi connectivity index (χ2v) is 5.79. The van der Waals surface area contributed by atoms with Crippen molar-refractivity contribution < 1.29 is 4.74 Å². The maximum Gasteiger partial charge on any atom is 0.134 e. The Morgan fingerprint density at radius 3 is 1.70 bits per heavy atom. The lowest BCUT2D eigenvalue weighted by molar-refractivity contribution is 0.159. The summed E-state index contributed by atoms with van der Waals surface area (Å²) in [6.45, 7) is 0. The van der Waals surface area contributed by atoms with Gasteiger partial charge in [0, 0.05) is 5.57 Å². The lowest BCUT2D eigenvalue weighted by Crippen LogP contribution is -2.09. The van der Waals surface area contributed by atoms with Gasteiger partial charge in [0.25, 0.3) is 0 Å². The van der Waals surface area contributed by atoms with Gasteiger partial charge in [0.2, 0.25) is 0 Å². The molecule has 0 spiro atoms. The quantitative estimate of drug-likeness (QED) is 0.613. The fraction of sp³-hybridized carbons (Fsp3) is 0.0909. The van der Waals surface area contributed by atoms with Crippen LogP contribution in [0.4, 0.5) is 0 Å². The van der Waals surface area contributed by atoms with Crippen molar-refractivity contribution in [2.45, 2.75) is 12.0 Å². The normalized spacial score (nSPS) is 19.9. The molecule has 0 bridgehead atoms. The smallest absolute Gasteiger partial charge is 0.134 e. The first kappa shape index (κ1) is 13.8. The Balaban J connectivity index is 1.79. The van der Waals surface area contributed by atoms with E-state index in [1.807, 2.05) is 18.4 Å². The SMILES string of the molecule is C1=C(c2ccccc2)[C@H](c2ccccc2)[C@H](c2ccccc2)O1. The predicted octanol–water partition coefficient (Wildman–Crippen LogP) is 5.58. The second-order valence-electron chi connectivity index (χ2n) is 5.79. The zero-order valence-corrected chi connectivity index (χ0v) is 12.8. The van der Waals surface area contributed by atoms with Crippen LogP contribution in [0, 0.1) is 0 Å². The molecule has 1 heteroatoms. The van der Waals surface area contributed by atoms with Crippen LogP contribution in [0.1, 0.15) is 28.7 Å². The largest absolute Gasteiger partial charge is 0.492 e. The number of ether oxygens (including phenoxy) is 1. The van der Waals surface area contributed by atoms with E-state index in [-0.39, 0.29) is 12.0 Å². The van der Waals surface area contributed by atoms with E-state index >= 15 is 0 Å². The van der Waals surface area contributed by atoms with Gasteiger partial charge in [0.15, 0.2) is 0 Å². The van der Waals surface area contributed by atoms with Crippen molar-refractivity contribution in [1.29, 1.82) is 0 Å². The van der Waals surface area contributed by atoms with E-state index in [1.165, 1.54) is 22.3 Å². The second kappa shape index (κ2) is 6.13. The Morgan fingerprint density at radius 1 is 0.565 bits per heavy atom. The lowest BCUT2D eigenvalue weighted by Gasteiger charge is -2.22. The van der Waals surface area contributed by atoms with Crippen molar-refractivity contribution in [2.75, 3.05) is 0 Å². The van der Waals surface area contributed by atoms with E-state index in [4.69, 9.17) is 4.74 Å². The summed E-state index contributed by atoms with van der Waals surface area (Å²) in [5.41, 5.74) is 4.96. The van der Waals surface area contributed by atoms with Gasteiger partial charge in [-0.25, -0.2) is 0 Å². The molecule has 23 heavy (non-hydrogen) atoms. The molecule has 0 amide bonds. The average molecular weight is 298 g/mol. The average Bonchev–Trinajstić information content (AvgIpc) is 3.09. The van der Waals surface area contributed by atoms with Crippen LogP contribution < -0.4 is 0 Å². The van der Waals surface area contributed by atoms with Crippen LogP contribution in [-0.2, 0) is 4.74 Å². The zero-order valence-electron chi connectivity index (χ0n) is 12.8. The molecule has 1 aliphatic heterocycles. The minimum atomic E-state index is 0.0220. The summed E-state index contributed by atoms with van der Waals surface area (Å²) in [6.07, 6.45) is 1.96. The highest BCUT2D eigenvalue weighted by atomic mass is 16.5. The topological polar surface area (TPSA) is 9.23 Å². The molecule has 0 radical (unpaired) electrons. The molecule has 4 rings (SSSR count). The molecule has 1 heterocycles. The molecular formula is C22H18O. The molecule has 0 aliphatic carbocycles. The summed E-state index contributed by atoms with van der Waals surface area (Å²) >= 11 is 0. The number of hydrogen-bond donors (Lipinski definition) is 0. The third-order valence-corrected chi connectivity index (χ3v) is 4.37. The fourth-order valence-electron chi connectivity index (χ4n) is 3.27. The summed E-state index contributed by atoms with van der Waals surface area (Å²) < 4.78 is 6.11. The van der Waals surface area contributed by atoms with Crippen molar-refractivity contribution in [3.63, 3.8) is 0 Å². The molecule has 3 aromatic carbocycles. The summed E-state index contributed by atoms with van der Waals surface area (Å²) in [5.74, 6) is 0.209. The standard InChI is InChI=1S/C22H18O/c1-4-10-17(11-5-1)20-16-23-22(19-14-8-3-9-15-19)21(20)18-12-6-2-7-13-18/h1-16,21-22H/t21-,22-/m0/s1. The van der Waals surface area contributed by atoms with Crippen molar-refractivity contribution in [1.82, 2.24) is 0 Å². The van der Waals surface area contributed by atoms with Crippen LogP contribution in [0.15, 0.2) is 97.3 Å². The molecule has 1 aliphatic rings. The Bertz CT molecular complexity index is 791. The minimum Gasteiger partial charge on any atom is -0.492 e. The molecule has 0 fully saturated rings. The molecule has 2 atom stereocenters. The number of rotatable bonds is 3. The van der Waals surface area contributed by atoms with E-state index < -0.39 is 0 Å². The van der Waals surface area contributed by atoms with Gasteiger partial charge in [0.05, 0.1) is 12.2 Å². The predicted molar refractivity (Wildman–Crippen MR) is 93.9 cm³/mol. The Morgan fingerprint density at radius 2 is 1.09 bits per heavy atom. The van der Waals surface area contributed by atoms with Gasteiger partial charge in [-0.05, 0) is 16.7 Å². The van der Waals surface area contributed by atoms with E-state index in [2.05, 4.69) is 78.9 Å². The maximum atomic E-state index is 6.11. The molecule has 112 valence electrons. The van der Waals surface area contributed by atoms with Gasteiger partial charge >= 0.3 is 0 Å². The van der Waals surface area contributed by atoms with Gasteiger partial charge in [0.1, 0.15) is 6.10 Å². The first-order valence-electron chi connectivity index (χ1n) is 7.94. The molecule has 0 aromatic heterocycles. The van der Waals surface area contributed by atoms with Gasteiger partial charge < -0.3 is 4.74 Å². The van der Waals surface area contributed by atoms with Gasteiger partial charge in [-0.15, -0.1) is 0 Å². The van der Waals surface area contributed by atoms with Crippen molar-refractivity contribution in [3.8, 4) is 0 Å². The Labute approximate surface area is 136 Å². The van der Waals surface area contributed by atoms with Gasteiger partial charge in [-0.2, -0.15) is 0 Å². The summed E-state index contributed by atoms with van der Waals surface area (Å²) in [5, 5.41) is 0. The molecule has 0 saturated heterocycles. The molecule has 0 saturated carbocycles. The summed E-state index contributed by atoms with van der Waals surface area (Å²) in [6, 6.07) is 31.6. The summed E-state index contributed by atoms with van der Waals surface area (Å²) in [4.78, 5) is 0. The molecular weight excluding hydrogens is 280 g/mol. The third kappa shape index (κ3) is 2.66. The third-order valence-electron chi connectivity index (χ3n) is 4.37. The van der Waals surface area contributed by atoms with Crippen LogP contribution in [0.3, 0.4) is 0 Å². The van der Waals surface area contributed by atoms with Crippen LogP contribution in [0.2, 0.25) is 0 Å². The first-order valence-corrected chi connectivity index (χ1v) is 7.94. The van der Waals surface area contributed by atoms with E-state index in [1.54, 1.807) is 0 Å². The highest BCUT2D eigenvalue weighted by molar-refractivity contribution is 5.73. The zero-order chi connectivity index (χ0) is 15.5. The molecule has 1 nitrogen and oxygen atoms in total. The summed E-state index contributed by atoms with van der Waals surface area (Å²) in [7, 11) is 0. The van der Waals surface area contributed by atoms with E-state index in [0.29, 0.717) is 0 Å². The van der Waals surface area contributed by atoms with E-state index in [9.17, 15) is 0 Å². The van der Waals surface area contributed by atoms with Gasteiger partial charge in [-0.1, -0.05) is 91.0 Å². The molecule has 0 unspecified atom stereocenters. The molecule has 0 N–H and O–H groups in total. The lowest BCUT2D eigenvalue weighted by atomic mass is 9.82. The Hall–Kier alpha value is -2.80. The van der Waals surface area contributed by atoms with E-state index in [0.717, 1.165) is 0 Å². The van der Waals surface area contributed by atoms with Crippen molar-refractivity contribution >= 4 is 5.57 Å². The monoisotopic (exact) mass is 298 g/mol. The highest BCUT2D eigenvalue weighted by Crippen LogP contribution is 2.48. The first-order chi connectivity index (χ1) is 11.4. The van der Waals surface area contributed by atoms with Crippen molar-refractivity contribution in [3.05, 3.63) is 114 Å². The van der Waals surface area contributed by atoms with Gasteiger partial charge in [-0.3, -0.25) is 0 Å². The minimum absolute atomic E-state index is 0.0220. The van der Waals surface area contributed by atoms with Crippen LogP contribution in [0.25, 0.3) is 5.57 Å². The number of hydrogen-bond acceptors (Lipinski definition) is 1. The highest BCUT2D eigenvalue weighted by Gasteiger charge is 2.34. The number of benzene rings is 3. The Kier molecular flexibility index (Phi) is 3.69. The van der Waals surface area contributed by atoms with Crippen LogP contribution >= 0.6 is 0 Å².